The Kier molecular flexibility index (Phi) is 5.30. The largest absolute Gasteiger partial charge is 0.457 e. The molecule has 1 aliphatic heterocycles. The molecule has 0 radical (unpaired) electrons. The van der Waals surface area contributed by atoms with E-state index in [2.05, 4.69) is 5.10 Å². The number of hydrogen-bond donors (Lipinski definition) is 1. The summed E-state index contributed by atoms with van der Waals surface area (Å²) in [6.07, 6.45) is 1.62. The highest BCUT2D eigenvalue weighted by Gasteiger charge is 2.29. The van der Waals surface area contributed by atoms with Crippen LogP contribution in [0.25, 0.3) is 17.4 Å². The monoisotopic (exact) mass is 455 g/mol. The van der Waals surface area contributed by atoms with Crippen molar-refractivity contribution in [2.75, 3.05) is 5.01 Å². The smallest absolute Gasteiger partial charge is 0.280 e. The van der Waals surface area contributed by atoms with E-state index < -0.39 is 10.0 Å². The van der Waals surface area contributed by atoms with Gasteiger partial charge in [0.25, 0.3) is 5.91 Å². The van der Waals surface area contributed by atoms with E-state index in [0.717, 1.165) is 11.1 Å². The van der Waals surface area contributed by atoms with Crippen LogP contribution in [-0.2, 0) is 14.8 Å². The molecule has 0 spiro atoms. The third-order valence-electron chi connectivity index (χ3n) is 4.84. The number of benzene rings is 2. The zero-order valence-electron chi connectivity index (χ0n) is 16.7. The maximum atomic E-state index is 12.9. The topological polar surface area (TPSA) is 106 Å². The maximum Gasteiger partial charge on any atom is 0.280 e. The first-order valence-corrected chi connectivity index (χ1v) is 11.2. The molecule has 3 aromatic rings. The molecule has 7 nitrogen and oxygen atoms in total. The lowest BCUT2D eigenvalue weighted by atomic mass is 10.1. The van der Waals surface area contributed by atoms with Gasteiger partial charge < -0.3 is 4.42 Å². The number of hydrogen-bond acceptors (Lipinski definition) is 5. The predicted molar refractivity (Wildman–Crippen MR) is 120 cm³/mol. The molecular weight excluding hydrogens is 438 g/mol. The van der Waals surface area contributed by atoms with E-state index >= 15 is 0 Å². The van der Waals surface area contributed by atoms with Crippen molar-refractivity contribution >= 4 is 45.0 Å². The van der Waals surface area contributed by atoms with Gasteiger partial charge in [-0.3, -0.25) is 4.79 Å². The summed E-state index contributed by atoms with van der Waals surface area (Å²) in [4.78, 5) is 12.9. The Labute approximate surface area is 184 Å². The van der Waals surface area contributed by atoms with Crippen LogP contribution in [0.1, 0.15) is 18.2 Å². The number of carbonyl (C=O) groups excluding carboxylic acids is 1. The van der Waals surface area contributed by atoms with Crippen molar-refractivity contribution in [3.63, 3.8) is 0 Å². The van der Waals surface area contributed by atoms with E-state index in [0.29, 0.717) is 33.5 Å². The molecule has 0 saturated carbocycles. The summed E-state index contributed by atoms with van der Waals surface area (Å²) in [5.74, 6) is 0.775. The summed E-state index contributed by atoms with van der Waals surface area (Å²) < 4.78 is 28.7. The molecule has 1 amide bonds. The molecule has 0 bridgehead atoms. The minimum absolute atomic E-state index is 0.0429. The Balaban J connectivity index is 1.60. The van der Waals surface area contributed by atoms with E-state index in [1.54, 1.807) is 19.1 Å². The predicted octanol–water partition coefficient (Wildman–Crippen LogP) is 4.36. The molecule has 31 heavy (non-hydrogen) atoms. The van der Waals surface area contributed by atoms with Crippen LogP contribution in [-0.4, -0.2) is 20.0 Å². The summed E-state index contributed by atoms with van der Waals surface area (Å²) in [7, 11) is -3.82. The molecule has 1 aliphatic rings. The second kappa shape index (κ2) is 7.81. The lowest BCUT2D eigenvalue weighted by Crippen LogP contribution is -2.21. The molecule has 2 aromatic carbocycles. The number of amides is 1. The van der Waals surface area contributed by atoms with Gasteiger partial charge in [0.1, 0.15) is 11.5 Å². The fourth-order valence-electron chi connectivity index (χ4n) is 3.11. The first kappa shape index (κ1) is 21.0. The standard InChI is InChI=1S/C22H18ClN3O4S/c1-13-3-4-15(11-20(13)23)21-10-7-17(30-21)12-19-14(2)25-26(22(19)27)16-5-8-18(9-6-16)31(24,28)29/h3-12H,1-2H3,(H2,24,28,29). The minimum atomic E-state index is -3.82. The molecule has 2 N–H and O–H groups in total. The Morgan fingerprint density at radius 2 is 1.77 bits per heavy atom. The molecule has 9 heteroatoms. The normalized spacial score (nSPS) is 15.6. The molecule has 0 atom stereocenters. The molecule has 1 aromatic heterocycles. The number of aryl methyl sites for hydroxylation is 1. The van der Waals surface area contributed by atoms with Crippen LogP contribution in [0.4, 0.5) is 5.69 Å². The summed E-state index contributed by atoms with van der Waals surface area (Å²) in [6, 6.07) is 14.8. The average molecular weight is 456 g/mol. The molecular formula is C22H18ClN3O4S. The first-order valence-electron chi connectivity index (χ1n) is 9.24. The zero-order chi connectivity index (χ0) is 22.3. The number of nitrogens with two attached hydrogens (primary N) is 1. The highest BCUT2D eigenvalue weighted by molar-refractivity contribution is 7.89. The Morgan fingerprint density at radius 3 is 2.42 bits per heavy atom. The number of rotatable bonds is 4. The number of anilines is 1. The second-order valence-electron chi connectivity index (χ2n) is 7.07. The third kappa shape index (κ3) is 4.18. The number of sulfonamides is 1. The fourth-order valence-corrected chi connectivity index (χ4v) is 3.81. The van der Waals surface area contributed by atoms with Crippen molar-refractivity contribution < 1.29 is 17.6 Å². The Morgan fingerprint density at radius 1 is 1.06 bits per heavy atom. The molecule has 0 saturated heterocycles. The van der Waals surface area contributed by atoms with Gasteiger partial charge in [-0.05, 0) is 68.0 Å². The number of furan rings is 1. The van der Waals surface area contributed by atoms with Gasteiger partial charge in [0, 0.05) is 10.6 Å². The molecule has 4 rings (SSSR count). The van der Waals surface area contributed by atoms with E-state index in [1.807, 2.05) is 31.2 Å². The zero-order valence-corrected chi connectivity index (χ0v) is 18.2. The van der Waals surface area contributed by atoms with Crippen molar-refractivity contribution in [1.82, 2.24) is 0 Å². The highest BCUT2D eigenvalue weighted by Crippen LogP contribution is 2.29. The van der Waals surface area contributed by atoms with Crippen LogP contribution >= 0.6 is 11.6 Å². The number of hydrazone groups is 1. The highest BCUT2D eigenvalue weighted by atomic mass is 35.5. The lowest BCUT2D eigenvalue weighted by molar-refractivity contribution is -0.114. The molecule has 0 fully saturated rings. The van der Waals surface area contributed by atoms with Crippen LogP contribution in [0.2, 0.25) is 5.02 Å². The SMILES string of the molecule is CC1=NN(c2ccc(S(N)(=O)=O)cc2)C(=O)C1=Cc1ccc(-c2ccc(C)c(Cl)c2)o1. The number of carbonyl (C=O) groups is 1. The number of primary sulfonamides is 1. The van der Waals surface area contributed by atoms with Gasteiger partial charge in [0.15, 0.2) is 0 Å². The van der Waals surface area contributed by atoms with Gasteiger partial charge >= 0.3 is 0 Å². The van der Waals surface area contributed by atoms with Crippen molar-refractivity contribution in [3.8, 4) is 11.3 Å². The van der Waals surface area contributed by atoms with Crippen molar-refractivity contribution in [2.24, 2.45) is 10.2 Å². The minimum Gasteiger partial charge on any atom is -0.457 e. The van der Waals surface area contributed by atoms with Crippen molar-refractivity contribution in [1.29, 1.82) is 0 Å². The van der Waals surface area contributed by atoms with Crippen LogP contribution in [0.3, 0.4) is 0 Å². The van der Waals surface area contributed by atoms with Gasteiger partial charge in [-0.15, -0.1) is 0 Å². The summed E-state index contributed by atoms with van der Waals surface area (Å²) in [5, 5.41) is 11.3. The quantitative estimate of drug-likeness (QED) is 0.589. The molecule has 158 valence electrons. The van der Waals surface area contributed by atoms with Crippen molar-refractivity contribution in [3.05, 3.63) is 76.5 Å². The van der Waals surface area contributed by atoms with Gasteiger partial charge in [-0.25, -0.2) is 13.6 Å². The van der Waals surface area contributed by atoms with E-state index in [9.17, 15) is 13.2 Å². The van der Waals surface area contributed by atoms with Gasteiger partial charge in [-0.1, -0.05) is 23.7 Å². The van der Waals surface area contributed by atoms with Crippen LogP contribution < -0.4 is 10.1 Å². The summed E-state index contributed by atoms with van der Waals surface area (Å²) in [6.45, 7) is 3.64. The molecule has 0 unspecified atom stereocenters. The number of halogens is 1. The Bertz CT molecular complexity index is 1360. The maximum absolute atomic E-state index is 12.9. The van der Waals surface area contributed by atoms with Gasteiger partial charge in [0.05, 0.1) is 21.9 Å². The van der Waals surface area contributed by atoms with E-state index in [1.165, 1.54) is 29.3 Å². The average Bonchev–Trinajstić information content (AvgIpc) is 3.30. The number of nitrogens with zero attached hydrogens (tertiary/aromatic N) is 2. The third-order valence-corrected chi connectivity index (χ3v) is 6.18. The Hall–Kier alpha value is -3.20. The van der Waals surface area contributed by atoms with E-state index in [4.69, 9.17) is 21.2 Å². The van der Waals surface area contributed by atoms with Crippen LogP contribution in [0, 0.1) is 6.92 Å². The van der Waals surface area contributed by atoms with Gasteiger partial charge in [0.2, 0.25) is 10.0 Å². The molecule has 0 aliphatic carbocycles. The second-order valence-corrected chi connectivity index (χ2v) is 9.03. The lowest BCUT2D eigenvalue weighted by Gasteiger charge is -2.11. The molecule has 2 heterocycles. The fraction of sp³-hybridized carbons (Fsp3) is 0.0909. The first-order chi connectivity index (χ1) is 14.6. The van der Waals surface area contributed by atoms with Crippen molar-refractivity contribution in [2.45, 2.75) is 18.7 Å². The van der Waals surface area contributed by atoms with Crippen LogP contribution in [0.5, 0.6) is 0 Å². The van der Waals surface area contributed by atoms with Crippen LogP contribution in [0.15, 0.2) is 74.6 Å². The summed E-state index contributed by atoms with van der Waals surface area (Å²) in [5.41, 5.74) is 3.12. The summed E-state index contributed by atoms with van der Waals surface area (Å²) >= 11 is 6.20. The van der Waals surface area contributed by atoms with E-state index in [-0.39, 0.29) is 10.8 Å². The van der Waals surface area contributed by atoms with Gasteiger partial charge in [-0.2, -0.15) is 10.1 Å².